The van der Waals surface area contributed by atoms with Crippen LogP contribution in [-0.2, 0) is 19.1 Å². The van der Waals surface area contributed by atoms with Crippen molar-refractivity contribution in [3.63, 3.8) is 0 Å². The maximum absolute atomic E-state index is 11.5. The normalized spacial score (nSPS) is 11.5. The van der Waals surface area contributed by atoms with E-state index in [0.717, 1.165) is 12.2 Å². The van der Waals surface area contributed by atoms with Crippen molar-refractivity contribution < 1.29 is 28.7 Å². The zero-order valence-electron chi connectivity index (χ0n) is 18.8. The second kappa shape index (κ2) is 13.4. The Morgan fingerprint density at radius 3 is 1.30 bits per heavy atom. The summed E-state index contributed by atoms with van der Waals surface area (Å²) in [4.78, 5) is 46.1. The lowest BCUT2D eigenvalue weighted by molar-refractivity contribution is -0.140. The fourth-order valence-corrected chi connectivity index (χ4v) is 1.90. The Hall–Kier alpha value is -2.78. The summed E-state index contributed by atoms with van der Waals surface area (Å²) in [6, 6.07) is -0.581. The SMILES string of the molecule is CC(C)(C)NC(=O)NCCCOC(=O)/C=C/C(=O)OCCCNC(=O)NC(C)(C)C. The second-order valence-corrected chi connectivity index (χ2v) is 8.64. The van der Waals surface area contributed by atoms with Crippen molar-refractivity contribution in [2.24, 2.45) is 0 Å². The highest BCUT2D eigenvalue weighted by molar-refractivity contribution is 5.91. The van der Waals surface area contributed by atoms with Crippen LogP contribution in [0.2, 0.25) is 0 Å². The molecule has 0 spiro atoms. The van der Waals surface area contributed by atoms with Crippen molar-refractivity contribution >= 4 is 24.0 Å². The summed E-state index contributed by atoms with van der Waals surface area (Å²) in [5.41, 5.74) is -0.652. The van der Waals surface area contributed by atoms with E-state index < -0.39 is 11.9 Å². The van der Waals surface area contributed by atoms with Crippen LogP contribution >= 0.6 is 0 Å². The topological polar surface area (TPSA) is 135 Å². The molecule has 0 aliphatic carbocycles. The van der Waals surface area contributed by atoms with E-state index in [9.17, 15) is 19.2 Å². The van der Waals surface area contributed by atoms with E-state index in [2.05, 4.69) is 21.3 Å². The largest absolute Gasteiger partial charge is 0.462 e. The lowest BCUT2D eigenvalue weighted by atomic mass is 10.1. The van der Waals surface area contributed by atoms with Gasteiger partial charge in [-0.05, 0) is 54.4 Å². The molecule has 0 atom stereocenters. The van der Waals surface area contributed by atoms with Crippen molar-refractivity contribution in [1.82, 2.24) is 21.3 Å². The van der Waals surface area contributed by atoms with Gasteiger partial charge in [-0.2, -0.15) is 0 Å². The average molecular weight is 429 g/mol. The number of carbonyl (C=O) groups excluding carboxylic acids is 4. The van der Waals surface area contributed by atoms with Crippen LogP contribution < -0.4 is 21.3 Å². The van der Waals surface area contributed by atoms with E-state index in [4.69, 9.17) is 9.47 Å². The Kier molecular flexibility index (Phi) is 12.2. The van der Waals surface area contributed by atoms with Gasteiger partial charge in [0, 0.05) is 36.3 Å². The molecule has 0 saturated heterocycles. The summed E-state index contributed by atoms with van der Waals surface area (Å²) >= 11 is 0. The van der Waals surface area contributed by atoms with Gasteiger partial charge in [0.2, 0.25) is 0 Å². The van der Waals surface area contributed by atoms with E-state index in [-0.39, 0.29) is 36.4 Å². The molecule has 172 valence electrons. The van der Waals surface area contributed by atoms with E-state index >= 15 is 0 Å². The van der Waals surface area contributed by atoms with Crippen LogP contribution in [0.4, 0.5) is 9.59 Å². The standard InChI is InChI=1S/C20H36N4O6/c1-19(2,3)23-17(27)21-11-7-13-29-15(25)9-10-16(26)30-14-8-12-22-18(28)24-20(4,5)6/h9-10H,7-8,11-14H2,1-6H3,(H2,21,23,27)(H2,22,24,28)/b10-9+. The van der Waals surface area contributed by atoms with E-state index in [0.29, 0.717) is 25.9 Å². The van der Waals surface area contributed by atoms with Gasteiger partial charge in [0.05, 0.1) is 13.2 Å². The highest BCUT2D eigenvalue weighted by Gasteiger charge is 2.13. The molecule has 10 nitrogen and oxygen atoms in total. The van der Waals surface area contributed by atoms with Gasteiger partial charge in [-0.3, -0.25) is 0 Å². The number of hydrogen-bond donors (Lipinski definition) is 4. The number of urea groups is 2. The number of nitrogens with one attached hydrogen (secondary N) is 4. The molecule has 30 heavy (non-hydrogen) atoms. The summed E-state index contributed by atoms with van der Waals surface area (Å²) in [5.74, 6) is -1.35. The minimum Gasteiger partial charge on any atom is -0.462 e. The summed E-state index contributed by atoms with van der Waals surface area (Å²) < 4.78 is 9.85. The van der Waals surface area contributed by atoms with Crippen molar-refractivity contribution in [1.29, 1.82) is 0 Å². The van der Waals surface area contributed by atoms with Crippen LogP contribution in [0.3, 0.4) is 0 Å². The third-order valence-electron chi connectivity index (χ3n) is 3.03. The minimum atomic E-state index is -0.674. The van der Waals surface area contributed by atoms with Gasteiger partial charge in [0.15, 0.2) is 0 Å². The molecule has 0 fully saturated rings. The Labute approximate surface area is 178 Å². The Morgan fingerprint density at radius 2 is 1.00 bits per heavy atom. The molecule has 0 saturated carbocycles. The summed E-state index contributed by atoms with van der Waals surface area (Å²) in [6.07, 6.45) is 2.85. The van der Waals surface area contributed by atoms with E-state index in [1.807, 2.05) is 41.5 Å². The summed E-state index contributed by atoms with van der Waals surface area (Å²) in [5, 5.41) is 10.8. The van der Waals surface area contributed by atoms with Crippen LogP contribution in [0, 0.1) is 0 Å². The van der Waals surface area contributed by atoms with Crippen LogP contribution in [-0.4, -0.2) is 61.4 Å². The molecule has 10 heteroatoms. The first-order valence-electron chi connectivity index (χ1n) is 9.92. The molecule has 4 N–H and O–H groups in total. The molecule has 4 amide bonds. The molecule has 0 aliphatic rings. The van der Waals surface area contributed by atoms with Gasteiger partial charge >= 0.3 is 24.0 Å². The minimum absolute atomic E-state index is 0.107. The highest BCUT2D eigenvalue weighted by atomic mass is 16.5. The van der Waals surface area contributed by atoms with Gasteiger partial charge < -0.3 is 30.7 Å². The quantitative estimate of drug-likeness (QED) is 0.237. The van der Waals surface area contributed by atoms with Gasteiger partial charge in [0.25, 0.3) is 0 Å². The predicted octanol–water partition coefficient (Wildman–Crippen LogP) is 1.60. The van der Waals surface area contributed by atoms with E-state index in [1.165, 1.54) is 0 Å². The van der Waals surface area contributed by atoms with Crippen LogP contribution in [0.25, 0.3) is 0 Å². The third kappa shape index (κ3) is 18.6. The number of hydrogen-bond acceptors (Lipinski definition) is 6. The van der Waals surface area contributed by atoms with Gasteiger partial charge in [-0.25, -0.2) is 19.2 Å². The van der Waals surface area contributed by atoms with Crippen LogP contribution in [0.5, 0.6) is 0 Å². The monoisotopic (exact) mass is 428 g/mol. The second-order valence-electron chi connectivity index (χ2n) is 8.64. The zero-order chi connectivity index (χ0) is 23.2. The first-order valence-corrected chi connectivity index (χ1v) is 9.92. The first kappa shape index (κ1) is 27.2. The van der Waals surface area contributed by atoms with Crippen LogP contribution in [0.15, 0.2) is 12.2 Å². The predicted molar refractivity (Wildman–Crippen MR) is 113 cm³/mol. The molecule has 0 aromatic heterocycles. The lowest BCUT2D eigenvalue weighted by Crippen LogP contribution is -2.46. The highest BCUT2D eigenvalue weighted by Crippen LogP contribution is 1.98. The summed E-state index contributed by atoms with van der Waals surface area (Å²) in [6.45, 7) is 12.1. The van der Waals surface area contributed by atoms with Crippen LogP contribution in [0.1, 0.15) is 54.4 Å². The molecular weight excluding hydrogens is 392 g/mol. The molecule has 0 aromatic carbocycles. The number of rotatable bonds is 10. The first-order chi connectivity index (χ1) is 13.8. The van der Waals surface area contributed by atoms with Gasteiger partial charge in [-0.1, -0.05) is 0 Å². The van der Waals surface area contributed by atoms with Crippen molar-refractivity contribution in [2.75, 3.05) is 26.3 Å². The maximum atomic E-state index is 11.5. The number of ether oxygens (including phenoxy) is 2. The smallest absolute Gasteiger partial charge is 0.331 e. The van der Waals surface area contributed by atoms with Crippen molar-refractivity contribution in [2.45, 2.75) is 65.5 Å². The number of amides is 4. The molecule has 0 unspecified atom stereocenters. The number of carbonyl (C=O) groups is 4. The Bertz CT molecular complexity index is 553. The fraction of sp³-hybridized carbons (Fsp3) is 0.700. The molecule has 0 rings (SSSR count). The lowest BCUT2D eigenvalue weighted by Gasteiger charge is -2.20. The van der Waals surface area contributed by atoms with Gasteiger partial charge in [0.1, 0.15) is 0 Å². The Morgan fingerprint density at radius 1 is 0.667 bits per heavy atom. The molecule has 0 heterocycles. The molecular formula is C20H36N4O6. The maximum Gasteiger partial charge on any atom is 0.331 e. The molecule has 0 radical (unpaired) electrons. The van der Waals surface area contributed by atoms with E-state index in [1.54, 1.807) is 0 Å². The Balaban J connectivity index is 3.78. The molecule has 0 aliphatic heterocycles. The fourth-order valence-electron chi connectivity index (χ4n) is 1.90. The average Bonchev–Trinajstić information content (AvgIpc) is 2.56. The number of esters is 2. The zero-order valence-corrected chi connectivity index (χ0v) is 18.8. The molecule has 0 aromatic rings. The molecule has 0 bridgehead atoms. The third-order valence-corrected chi connectivity index (χ3v) is 3.03. The van der Waals surface area contributed by atoms with Gasteiger partial charge in [-0.15, -0.1) is 0 Å². The summed E-state index contributed by atoms with van der Waals surface area (Å²) in [7, 11) is 0. The van der Waals surface area contributed by atoms with Crippen molar-refractivity contribution in [3.05, 3.63) is 12.2 Å². The van der Waals surface area contributed by atoms with Crippen molar-refractivity contribution in [3.8, 4) is 0 Å².